The number of carbonyl (C=O) groups is 1. The third-order valence-corrected chi connectivity index (χ3v) is 5.50. The first kappa shape index (κ1) is 13.4. The minimum atomic E-state index is -0.421. The van der Waals surface area contributed by atoms with E-state index in [0.717, 1.165) is 37.8 Å². The molecule has 3 fully saturated rings. The Hall–Kier alpha value is -0.610. The number of esters is 1. The van der Waals surface area contributed by atoms with Crippen molar-refractivity contribution in [1.29, 1.82) is 0 Å². The maximum Gasteiger partial charge on any atom is 0.326 e. The largest absolute Gasteiger partial charge is 0.468 e. The summed E-state index contributed by atoms with van der Waals surface area (Å²) in [5.41, 5.74) is -0.421. The van der Waals surface area contributed by atoms with Gasteiger partial charge in [-0.2, -0.15) is 0 Å². The standard InChI is InChI=1S/C15H26N2O2/c1-3-16-15(14(18)19-2)7-6-13(9-15)17-10-11-4-5-12(17)8-11/h11-13,16H,3-10H2,1-2H3. The van der Waals surface area contributed by atoms with E-state index in [2.05, 4.69) is 17.1 Å². The number of piperidine rings is 1. The molecule has 1 heterocycles. The predicted molar refractivity (Wildman–Crippen MR) is 73.9 cm³/mol. The zero-order chi connectivity index (χ0) is 13.5. The molecule has 0 aromatic rings. The molecule has 4 heteroatoms. The number of likely N-dealkylation sites (tertiary alicyclic amines) is 1. The summed E-state index contributed by atoms with van der Waals surface area (Å²) in [6.07, 6.45) is 7.16. The van der Waals surface area contributed by atoms with Gasteiger partial charge in [0.25, 0.3) is 0 Å². The number of likely N-dealkylation sites (N-methyl/N-ethyl adjacent to an activating group) is 1. The van der Waals surface area contributed by atoms with Crippen molar-refractivity contribution in [3.05, 3.63) is 0 Å². The zero-order valence-electron chi connectivity index (χ0n) is 12.2. The highest BCUT2D eigenvalue weighted by atomic mass is 16.5. The van der Waals surface area contributed by atoms with Gasteiger partial charge < -0.3 is 10.1 Å². The second-order valence-corrected chi connectivity index (χ2v) is 6.53. The van der Waals surface area contributed by atoms with Gasteiger partial charge in [-0.05, 0) is 51.0 Å². The van der Waals surface area contributed by atoms with E-state index in [1.54, 1.807) is 0 Å². The Morgan fingerprint density at radius 3 is 2.79 bits per heavy atom. The molecule has 1 N–H and O–H groups in total. The van der Waals surface area contributed by atoms with Gasteiger partial charge >= 0.3 is 5.97 Å². The van der Waals surface area contributed by atoms with Crippen LogP contribution in [0.1, 0.15) is 45.4 Å². The second-order valence-electron chi connectivity index (χ2n) is 6.53. The summed E-state index contributed by atoms with van der Waals surface area (Å²) >= 11 is 0. The Labute approximate surface area is 115 Å². The zero-order valence-corrected chi connectivity index (χ0v) is 12.2. The van der Waals surface area contributed by atoms with Crippen molar-refractivity contribution in [2.24, 2.45) is 5.92 Å². The fourth-order valence-electron chi connectivity index (χ4n) is 4.66. The topological polar surface area (TPSA) is 41.6 Å². The van der Waals surface area contributed by atoms with Gasteiger partial charge in [0, 0.05) is 18.6 Å². The van der Waals surface area contributed by atoms with E-state index >= 15 is 0 Å². The molecule has 4 unspecified atom stereocenters. The summed E-state index contributed by atoms with van der Waals surface area (Å²) in [5, 5.41) is 3.40. The van der Waals surface area contributed by atoms with Crippen molar-refractivity contribution in [3.63, 3.8) is 0 Å². The fraction of sp³-hybridized carbons (Fsp3) is 0.933. The molecule has 0 amide bonds. The van der Waals surface area contributed by atoms with Crippen LogP contribution in [0, 0.1) is 5.92 Å². The molecule has 4 atom stereocenters. The lowest BCUT2D eigenvalue weighted by molar-refractivity contribution is -0.148. The molecule has 4 nitrogen and oxygen atoms in total. The van der Waals surface area contributed by atoms with E-state index in [1.165, 1.54) is 32.9 Å². The highest BCUT2D eigenvalue weighted by Crippen LogP contribution is 2.43. The van der Waals surface area contributed by atoms with Crippen LogP contribution in [0.25, 0.3) is 0 Å². The second kappa shape index (κ2) is 5.06. The van der Waals surface area contributed by atoms with Gasteiger partial charge in [-0.25, -0.2) is 0 Å². The molecular weight excluding hydrogens is 240 g/mol. The average molecular weight is 266 g/mol. The highest BCUT2D eigenvalue weighted by Gasteiger charge is 2.50. The average Bonchev–Trinajstić information content (AvgIpc) is 3.12. The Kier molecular flexibility index (Phi) is 3.56. The maximum absolute atomic E-state index is 12.1. The molecule has 0 spiro atoms. The van der Waals surface area contributed by atoms with Crippen molar-refractivity contribution < 1.29 is 9.53 Å². The first-order valence-electron chi connectivity index (χ1n) is 7.77. The summed E-state index contributed by atoms with van der Waals surface area (Å²) in [7, 11) is 1.51. The van der Waals surface area contributed by atoms with Gasteiger partial charge in [0.2, 0.25) is 0 Å². The van der Waals surface area contributed by atoms with Crippen LogP contribution in [-0.4, -0.2) is 48.7 Å². The van der Waals surface area contributed by atoms with Crippen LogP contribution in [-0.2, 0) is 9.53 Å². The molecule has 0 aromatic heterocycles. The van der Waals surface area contributed by atoms with E-state index in [1.807, 2.05) is 0 Å². The van der Waals surface area contributed by atoms with Gasteiger partial charge in [0.05, 0.1) is 7.11 Å². The van der Waals surface area contributed by atoms with Crippen LogP contribution in [0.15, 0.2) is 0 Å². The van der Waals surface area contributed by atoms with Crippen molar-refractivity contribution >= 4 is 5.97 Å². The van der Waals surface area contributed by atoms with Crippen LogP contribution in [0.4, 0.5) is 0 Å². The minimum Gasteiger partial charge on any atom is -0.468 e. The molecule has 1 aliphatic heterocycles. The highest BCUT2D eigenvalue weighted by molar-refractivity contribution is 5.81. The van der Waals surface area contributed by atoms with Crippen molar-refractivity contribution in [3.8, 4) is 0 Å². The Morgan fingerprint density at radius 1 is 1.37 bits per heavy atom. The molecule has 3 aliphatic rings. The summed E-state index contributed by atoms with van der Waals surface area (Å²) in [6.45, 7) is 4.16. The van der Waals surface area contributed by atoms with Crippen LogP contribution < -0.4 is 5.32 Å². The van der Waals surface area contributed by atoms with E-state index in [4.69, 9.17) is 4.74 Å². The van der Waals surface area contributed by atoms with Crippen LogP contribution in [0.2, 0.25) is 0 Å². The molecule has 0 radical (unpaired) electrons. The molecule has 0 aromatic carbocycles. The van der Waals surface area contributed by atoms with Crippen LogP contribution in [0.5, 0.6) is 0 Å². The molecule has 1 saturated heterocycles. The maximum atomic E-state index is 12.1. The number of rotatable bonds is 4. The molecule has 19 heavy (non-hydrogen) atoms. The number of nitrogens with one attached hydrogen (secondary N) is 1. The van der Waals surface area contributed by atoms with Crippen molar-refractivity contribution in [2.75, 3.05) is 20.2 Å². The first-order chi connectivity index (χ1) is 9.18. The van der Waals surface area contributed by atoms with E-state index in [-0.39, 0.29) is 5.97 Å². The van der Waals surface area contributed by atoms with E-state index < -0.39 is 5.54 Å². The molecule has 2 saturated carbocycles. The lowest BCUT2D eigenvalue weighted by Crippen LogP contribution is -2.52. The van der Waals surface area contributed by atoms with E-state index in [9.17, 15) is 4.79 Å². The third-order valence-electron chi connectivity index (χ3n) is 5.50. The number of hydrogen-bond donors (Lipinski definition) is 1. The Morgan fingerprint density at radius 2 is 2.21 bits per heavy atom. The van der Waals surface area contributed by atoms with Crippen molar-refractivity contribution in [2.45, 2.75) is 63.1 Å². The van der Waals surface area contributed by atoms with Crippen LogP contribution in [0.3, 0.4) is 0 Å². The summed E-state index contributed by atoms with van der Waals surface area (Å²) < 4.78 is 5.04. The first-order valence-corrected chi connectivity index (χ1v) is 7.77. The fourth-order valence-corrected chi connectivity index (χ4v) is 4.66. The number of methoxy groups -OCH3 is 1. The molecule has 3 rings (SSSR count). The normalized spacial score (nSPS) is 41.9. The molecule has 2 aliphatic carbocycles. The third kappa shape index (κ3) is 2.19. The number of hydrogen-bond acceptors (Lipinski definition) is 4. The van der Waals surface area contributed by atoms with Crippen LogP contribution >= 0.6 is 0 Å². The summed E-state index contributed by atoms with van der Waals surface area (Å²) in [6, 6.07) is 1.37. The summed E-state index contributed by atoms with van der Waals surface area (Å²) in [5.74, 6) is 0.860. The van der Waals surface area contributed by atoms with Gasteiger partial charge in [0.15, 0.2) is 0 Å². The minimum absolute atomic E-state index is 0.0683. The SMILES string of the molecule is CCNC1(C(=O)OC)CCC(N2CC3CCC2C3)C1. The van der Waals surface area contributed by atoms with Gasteiger partial charge in [-0.1, -0.05) is 6.92 Å². The number of ether oxygens (including phenoxy) is 1. The molecular formula is C15H26N2O2. The van der Waals surface area contributed by atoms with Crippen molar-refractivity contribution in [1.82, 2.24) is 10.2 Å². The predicted octanol–water partition coefficient (Wildman–Crippen LogP) is 1.54. The Balaban J connectivity index is 1.69. The van der Waals surface area contributed by atoms with Gasteiger partial charge in [0.1, 0.15) is 5.54 Å². The van der Waals surface area contributed by atoms with Gasteiger partial charge in [-0.3, -0.25) is 9.69 Å². The van der Waals surface area contributed by atoms with E-state index in [0.29, 0.717) is 6.04 Å². The van der Waals surface area contributed by atoms with Gasteiger partial charge in [-0.15, -0.1) is 0 Å². The summed E-state index contributed by atoms with van der Waals surface area (Å²) in [4.78, 5) is 14.8. The number of carbonyl (C=O) groups excluding carboxylic acids is 1. The molecule has 108 valence electrons. The number of nitrogens with zero attached hydrogens (tertiary/aromatic N) is 1. The number of fused-ring (bicyclic) bond motifs is 2. The quantitative estimate of drug-likeness (QED) is 0.784. The lowest BCUT2D eigenvalue weighted by Gasteiger charge is -2.34. The smallest absolute Gasteiger partial charge is 0.326 e. The lowest BCUT2D eigenvalue weighted by atomic mass is 9.96. The Bertz CT molecular complexity index is 360. The monoisotopic (exact) mass is 266 g/mol. The molecule has 2 bridgehead atoms.